The number of piperazine rings is 2. The maximum Gasteiger partial charge on any atom is 0.232 e. The topological polar surface area (TPSA) is 72.9 Å². The van der Waals surface area contributed by atoms with Gasteiger partial charge in [0.05, 0.1) is 0 Å². The van der Waals surface area contributed by atoms with Crippen LogP contribution < -0.4 is 9.80 Å². The third-order valence-electron chi connectivity index (χ3n) is 5.51. The smallest absolute Gasteiger partial charge is 0.232 e. The number of rotatable bonds is 4. The van der Waals surface area contributed by atoms with E-state index in [1.54, 1.807) is 22.2 Å². The van der Waals surface area contributed by atoms with E-state index in [0.29, 0.717) is 26.2 Å². The average molecular weight is 394 g/mol. The van der Waals surface area contributed by atoms with Crippen molar-refractivity contribution in [2.24, 2.45) is 0 Å². The van der Waals surface area contributed by atoms with Crippen molar-refractivity contribution in [3.8, 4) is 0 Å². The fraction of sp³-hybridized carbons (Fsp3) is 0.429. The van der Waals surface area contributed by atoms with Gasteiger partial charge in [-0.25, -0.2) is 9.97 Å². The van der Waals surface area contributed by atoms with Crippen LogP contribution in [0.25, 0.3) is 0 Å². The van der Waals surface area contributed by atoms with E-state index in [2.05, 4.69) is 19.8 Å². The number of amides is 2. The maximum atomic E-state index is 12.6. The first-order valence-corrected chi connectivity index (χ1v) is 10.1. The molecule has 2 aromatic heterocycles. The van der Waals surface area contributed by atoms with Crippen molar-refractivity contribution in [2.45, 2.75) is 6.42 Å². The molecule has 2 aliphatic heterocycles. The van der Waals surface area contributed by atoms with Gasteiger partial charge in [0.15, 0.2) is 0 Å². The lowest BCUT2D eigenvalue weighted by Crippen LogP contribution is -2.52. The Balaban J connectivity index is 1.23. The minimum Gasteiger partial charge on any atom is -0.353 e. The lowest BCUT2D eigenvalue weighted by atomic mass is 10.2. The van der Waals surface area contributed by atoms with Crippen molar-refractivity contribution < 1.29 is 9.59 Å². The first-order chi connectivity index (χ1) is 14.2. The molecule has 2 aliphatic rings. The van der Waals surface area contributed by atoms with E-state index in [1.807, 2.05) is 36.4 Å². The zero-order chi connectivity index (χ0) is 20.1. The molecule has 0 bridgehead atoms. The Hall–Kier alpha value is -3.16. The standard InChI is InChI=1S/C21H26N6O2/c28-20(26-13-9-24(10-14-26)18-5-1-3-7-22-18)17-21(29)27-15-11-25(12-16-27)19-6-2-4-8-23-19/h1-8H,9-17H2. The molecule has 29 heavy (non-hydrogen) atoms. The maximum absolute atomic E-state index is 12.6. The summed E-state index contributed by atoms with van der Waals surface area (Å²) in [4.78, 5) is 41.9. The number of carbonyl (C=O) groups is 2. The third-order valence-corrected chi connectivity index (χ3v) is 5.51. The lowest BCUT2D eigenvalue weighted by Gasteiger charge is -2.37. The van der Waals surface area contributed by atoms with Crippen LogP contribution >= 0.6 is 0 Å². The summed E-state index contributed by atoms with van der Waals surface area (Å²) in [6, 6.07) is 11.7. The number of hydrogen-bond acceptors (Lipinski definition) is 6. The molecule has 0 atom stereocenters. The van der Waals surface area contributed by atoms with E-state index in [-0.39, 0.29) is 18.2 Å². The Morgan fingerprint density at radius 3 is 1.41 bits per heavy atom. The highest BCUT2D eigenvalue weighted by Gasteiger charge is 2.27. The minimum atomic E-state index is -0.0807. The van der Waals surface area contributed by atoms with Crippen LogP contribution in [0.4, 0.5) is 11.6 Å². The molecular weight excluding hydrogens is 368 g/mol. The summed E-state index contributed by atoms with van der Waals surface area (Å²) < 4.78 is 0. The van der Waals surface area contributed by atoms with Crippen LogP contribution in [0.3, 0.4) is 0 Å². The molecular formula is C21H26N6O2. The predicted molar refractivity (Wildman–Crippen MR) is 111 cm³/mol. The molecule has 0 radical (unpaired) electrons. The van der Waals surface area contributed by atoms with Gasteiger partial charge in [0.1, 0.15) is 18.1 Å². The van der Waals surface area contributed by atoms with E-state index in [4.69, 9.17) is 0 Å². The molecule has 2 saturated heterocycles. The first kappa shape index (κ1) is 19.2. The van der Waals surface area contributed by atoms with E-state index in [1.165, 1.54) is 0 Å². The third kappa shape index (κ3) is 4.64. The molecule has 2 fully saturated rings. The molecule has 4 rings (SSSR count). The van der Waals surface area contributed by atoms with Gasteiger partial charge in [-0.3, -0.25) is 9.59 Å². The van der Waals surface area contributed by atoms with Crippen LogP contribution in [-0.4, -0.2) is 83.9 Å². The minimum absolute atomic E-state index is 0.0484. The number of aromatic nitrogens is 2. The molecule has 0 N–H and O–H groups in total. The summed E-state index contributed by atoms with van der Waals surface area (Å²) in [6.07, 6.45) is 3.51. The Morgan fingerprint density at radius 1 is 0.655 bits per heavy atom. The fourth-order valence-corrected chi connectivity index (χ4v) is 3.80. The molecule has 8 heteroatoms. The lowest BCUT2D eigenvalue weighted by molar-refractivity contribution is -0.141. The number of anilines is 2. The summed E-state index contributed by atoms with van der Waals surface area (Å²) in [5.41, 5.74) is 0. The summed E-state index contributed by atoms with van der Waals surface area (Å²) in [6.45, 7) is 5.43. The van der Waals surface area contributed by atoms with Gasteiger partial charge in [-0.15, -0.1) is 0 Å². The van der Waals surface area contributed by atoms with Gasteiger partial charge in [0, 0.05) is 64.8 Å². The Morgan fingerprint density at radius 2 is 1.07 bits per heavy atom. The van der Waals surface area contributed by atoms with E-state index >= 15 is 0 Å². The molecule has 0 saturated carbocycles. The van der Waals surface area contributed by atoms with E-state index < -0.39 is 0 Å². The number of pyridine rings is 2. The number of hydrogen-bond donors (Lipinski definition) is 0. The van der Waals surface area contributed by atoms with Crippen LogP contribution in [0.2, 0.25) is 0 Å². The van der Waals surface area contributed by atoms with Crippen molar-refractivity contribution in [3.63, 3.8) is 0 Å². The summed E-state index contributed by atoms with van der Waals surface area (Å²) in [5, 5.41) is 0. The second-order valence-electron chi connectivity index (χ2n) is 7.29. The molecule has 0 aliphatic carbocycles. The Bertz CT molecular complexity index is 746. The molecule has 152 valence electrons. The quantitative estimate of drug-likeness (QED) is 0.717. The second kappa shape index (κ2) is 8.89. The molecule has 0 unspecified atom stereocenters. The van der Waals surface area contributed by atoms with Gasteiger partial charge in [-0.2, -0.15) is 0 Å². The highest BCUT2D eigenvalue weighted by Crippen LogP contribution is 2.15. The van der Waals surface area contributed by atoms with Gasteiger partial charge in [0.2, 0.25) is 11.8 Å². The van der Waals surface area contributed by atoms with E-state index in [0.717, 1.165) is 37.8 Å². The van der Waals surface area contributed by atoms with Crippen LogP contribution in [0.5, 0.6) is 0 Å². The average Bonchev–Trinajstić information content (AvgIpc) is 2.80. The van der Waals surface area contributed by atoms with Crippen molar-refractivity contribution >= 4 is 23.5 Å². The highest BCUT2D eigenvalue weighted by atomic mass is 16.2. The predicted octanol–water partition coefficient (Wildman–Crippen LogP) is 0.864. The van der Waals surface area contributed by atoms with Gasteiger partial charge in [0.25, 0.3) is 0 Å². The van der Waals surface area contributed by atoms with Crippen LogP contribution in [0.1, 0.15) is 6.42 Å². The SMILES string of the molecule is O=C(CC(=O)N1CCN(c2ccccn2)CC1)N1CCN(c2ccccn2)CC1. The normalized spacial score (nSPS) is 17.4. The summed E-state index contributed by atoms with van der Waals surface area (Å²) in [7, 11) is 0. The molecule has 8 nitrogen and oxygen atoms in total. The zero-order valence-electron chi connectivity index (χ0n) is 16.5. The molecule has 2 amide bonds. The van der Waals surface area contributed by atoms with Gasteiger partial charge >= 0.3 is 0 Å². The van der Waals surface area contributed by atoms with E-state index in [9.17, 15) is 9.59 Å². The van der Waals surface area contributed by atoms with Gasteiger partial charge in [-0.05, 0) is 24.3 Å². The molecule has 0 spiro atoms. The van der Waals surface area contributed by atoms with Crippen molar-refractivity contribution in [3.05, 3.63) is 48.8 Å². The Labute approximate surface area is 170 Å². The fourth-order valence-electron chi connectivity index (χ4n) is 3.80. The summed E-state index contributed by atoms with van der Waals surface area (Å²) >= 11 is 0. The first-order valence-electron chi connectivity index (χ1n) is 10.1. The van der Waals surface area contributed by atoms with Crippen LogP contribution in [0, 0.1) is 0 Å². The zero-order valence-corrected chi connectivity index (χ0v) is 16.5. The van der Waals surface area contributed by atoms with Crippen molar-refractivity contribution in [1.82, 2.24) is 19.8 Å². The second-order valence-corrected chi connectivity index (χ2v) is 7.29. The molecule has 0 aromatic carbocycles. The molecule has 2 aromatic rings. The molecule has 4 heterocycles. The largest absolute Gasteiger partial charge is 0.353 e. The highest BCUT2D eigenvalue weighted by molar-refractivity contribution is 5.97. The van der Waals surface area contributed by atoms with Crippen LogP contribution in [-0.2, 0) is 9.59 Å². The van der Waals surface area contributed by atoms with Crippen LogP contribution in [0.15, 0.2) is 48.8 Å². The monoisotopic (exact) mass is 394 g/mol. The van der Waals surface area contributed by atoms with Gasteiger partial charge in [-0.1, -0.05) is 12.1 Å². The van der Waals surface area contributed by atoms with Crippen molar-refractivity contribution in [1.29, 1.82) is 0 Å². The Kier molecular flexibility index (Phi) is 5.88. The number of nitrogens with zero attached hydrogens (tertiary/aromatic N) is 6. The number of carbonyl (C=O) groups excluding carboxylic acids is 2. The van der Waals surface area contributed by atoms with Gasteiger partial charge < -0.3 is 19.6 Å². The summed E-state index contributed by atoms with van der Waals surface area (Å²) in [5.74, 6) is 1.70. The van der Waals surface area contributed by atoms with Crippen molar-refractivity contribution in [2.75, 3.05) is 62.2 Å².